The van der Waals surface area contributed by atoms with Crippen LogP contribution in [0.25, 0.3) is 0 Å². The third-order valence-corrected chi connectivity index (χ3v) is 1.75. The Labute approximate surface area is 86.6 Å². The first-order valence-electron chi connectivity index (χ1n) is 3.93. The number of halogens is 1. The highest BCUT2D eigenvalue weighted by atomic mass is 35.5. The molecule has 0 heterocycles. The van der Waals surface area contributed by atoms with Crippen molar-refractivity contribution in [3.05, 3.63) is 41.1 Å². The predicted molar refractivity (Wildman–Crippen MR) is 53.5 cm³/mol. The van der Waals surface area contributed by atoms with E-state index in [9.17, 15) is 4.79 Å². The molecule has 0 fully saturated rings. The van der Waals surface area contributed by atoms with E-state index < -0.39 is 5.97 Å². The SMILES string of the molecule is CC(=CC(=O)O)Oc1ccccc1Cl. The fourth-order valence-corrected chi connectivity index (χ4v) is 1.08. The molecule has 4 heteroatoms. The number of allylic oxidation sites excluding steroid dienone is 1. The van der Waals surface area contributed by atoms with Gasteiger partial charge in [0, 0.05) is 0 Å². The molecule has 1 rings (SSSR count). The number of aliphatic carboxylic acids is 1. The molecule has 0 atom stereocenters. The summed E-state index contributed by atoms with van der Waals surface area (Å²) in [5.74, 6) is -0.315. The quantitative estimate of drug-likeness (QED) is 0.619. The lowest BCUT2D eigenvalue weighted by Crippen LogP contribution is -1.96. The van der Waals surface area contributed by atoms with Crippen LogP contribution in [0.4, 0.5) is 0 Å². The van der Waals surface area contributed by atoms with E-state index in [0.717, 1.165) is 6.08 Å². The average molecular weight is 213 g/mol. The summed E-state index contributed by atoms with van der Waals surface area (Å²) in [6, 6.07) is 6.87. The van der Waals surface area contributed by atoms with Crippen LogP contribution in [0.1, 0.15) is 6.92 Å². The standard InChI is InChI=1S/C10H9ClO3/c1-7(6-10(12)13)14-9-5-3-2-4-8(9)11/h2-6H,1H3,(H,12,13). The minimum absolute atomic E-state index is 0.283. The Morgan fingerprint density at radius 2 is 2.14 bits per heavy atom. The molecule has 0 radical (unpaired) electrons. The zero-order chi connectivity index (χ0) is 10.6. The number of hydrogen-bond donors (Lipinski definition) is 1. The Hall–Kier alpha value is -1.48. The summed E-state index contributed by atoms with van der Waals surface area (Å²) in [6.07, 6.45) is 0.976. The van der Waals surface area contributed by atoms with Crippen molar-refractivity contribution < 1.29 is 14.6 Å². The van der Waals surface area contributed by atoms with Crippen molar-refractivity contribution in [3.63, 3.8) is 0 Å². The van der Waals surface area contributed by atoms with Gasteiger partial charge >= 0.3 is 5.97 Å². The largest absolute Gasteiger partial charge is 0.478 e. The number of hydrogen-bond acceptors (Lipinski definition) is 2. The van der Waals surface area contributed by atoms with Gasteiger partial charge in [-0.3, -0.25) is 0 Å². The lowest BCUT2D eigenvalue weighted by atomic mass is 10.3. The lowest BCUT2D eigenvalue weighted by Gasteiger charge is -2.06. The van der Waals surface area contributed by atoms with Gasteiger partial charge in [0.2, 0.25) is 0 Å². The van der Waals surface area contributed by atoms with Crippen molar-refractivity contribution in [2.24, 2.45) is 0 Å². The summed E-state index contributed by atoms with van der Waals surface area (Å²) < 4.78 is 5.20. The molecular formula is C10H9ClO3. The summed E-state index contributed by atoms with van der Waals surface area (Å²) in [4.78, 5) is 10.3. The zero-order valence-corrected chi connectivity index (χ0v) is 8.28. The molecule has 0 unspecified atom stereocenters. The van der Waals surface area contributed by atoms with E-state index in [0.29, 0.717) is 10.8 Å². The molecule has 0 amide bonds. The maximum Gasteiger partial charge on any atom is 0.331 e. The van der Waals surface area contributed by atoms with Crippen LogP contribution in [-0.2, 0) is 4.79 Å². The molecule has 14 heavy (non-hydrogen) atoms. The minimum atomic E-state index is -1.05. The molecule has 0 saturated carbocycles. The van der Waals surface area contributed by atoms with Gasteiger partial charge in [-0.1, -0.05) is 23.7 Å². The first-order chi connectivity index (χ1) is 6.59. The number of ether oxygens (including phenoxy) is 1. The summed E-state index contributed by atoms with van der Waals surface area (Å²) in [5, 5.41) is 8.89. The van der Waals surface area contributed by atoms with E-state index in [2.05, 4.69) is 0 Å². The molecule has 1 aromatic rings. The second kappa shape index (κ2) is 4.67. The summed E-state index contributed by atoms with van der Waals surface area (Å²) >= 11 is 5.81. The number of benzene rings is 1. The fourth-order valence-electron chi connectivity index (χ4n) is 0.904. The van der Waals surface area contributed by atoms with Crippen LogP contribution in [0.2, 0.25) is 5.02 Å². The molecule has 0 bridgehead atoms. The topological polar surface area (TPSA) is 46.5 Å². The van der Waals surface area contributed by atoms with E-state index in [-0.39, 0.29) is 5.76 Å². The Bertz CT molecular complexity index is 371. The van der Waals surface area contributed by atoms with Crippen molar-refractivity contribution in [3.8, 4) is 5.75 Å². The molecule has 0 spiro atoms. The number of rotatable bonds is 3. The second-order valence-corrected chi connectivity index (χ2v) is 3.03. The van der Waals surface area contributed by atoms with Gasteiger partial charge in [0.1, 0.15) is 11.5 Å². The van der Waals surface area contributed by atoms with Crippen molar-refractivity contribution in [1.82, 2.24) is 0 Å². The first-order valence-corrected chi connectivity index (χ1v) is 4.31. The normalized spacial score (nSPS) is 11.1. The van der Waals surface area contributed by atoms with Crippen molar-refractivity contribution in [1.29, 1.82) is 0 Å². The Morgan fingerprint density at radius 1 is 1.50 bits per heavy atom. The van der Waals surface area contributed by atoms with E-state index in [1.54, 1.807) is 31.2 Å². The van der Waals surface area contributed by atoms with Gasteiger partial charge in [-0.05, 0) is 19.1 Å². The van der Waals surface area contributed by atoms with Gasteiger partial charge in [0.25, 0.3) is 0 Å². The summed E-state index contributed by atoms with van der Waals surface area (Å²) in [5.41, 5.74) is 0. The fraction of sp³-hybridized carbons (Fsp3) is 0.100. The van der Waals surface area contributed by atoms with Crippen LogP contribution < -0.4 is 4.74 Å². The Morgan fingerprint density at radius 3 is 2.71 bits per heavy atom. The molecule has 0 aromatic heterocycles. The molecule has 3 nitrogen and oxygen atoms in total. The molecule has 0 aliphatic heterocycles. The summed E-state index contributed by atoms with van der Waals surface area (Å²) in [7, 11) is 0. The molecular weight excluding hydrogens is 204 g/mol. The maximum absolute atomic E-state index is 10.3. The van der Waals surface area contributed by atoms with E-state index >= 15 is 0 Å². The van der Waals surface area contributed by atoms with Gasteiger partial charge in [-0.15, -0.1) is 0 Å². The van der Waals surface area contributed by atoms with E-state index in [1.165, 1.54) is 0 Å². The van der Waals surface area contributed by atoms with Crippen molar-refractivity contribution in [2.75, 3.05) is 0 Å². The number of carboxylic acids is 1. The summed E-state index contributed by atoms with van der Waals surface area (Å²) in [6.45, 7) is 1.55. The first kappa shape index (κ1) is 10.6. The minimum Gasteiger partial charge on any atom is -0.478 e. The van der Waals surface area contributed by atoms with E-state index in [4.69, 9.17) is 21.4 Å². The highest BCUT2D eigenvalue weighted by Gasteiger charge is 2.01. The van der Waals surface area contributed by atoms with Crippen molar-refractivity contribution >= 4 is 17.6 Å². The van der Waals surface area contributed by atoms with Gasteiger partial charge < -0.3 is 9.84 Å². The zero-order valence-electron chi connectivity index (χ0n) is 7.53. The monoisotopic (exact) mass is 212 g/mol. The second-order valence-electron chi connectivity index (χ2n) is 2.63. The molecule has 1 aromatic carbocycles. The third kappa shape index (κ3) is 3.11. The van der Waals surface area contributed by atoms with Crippen molar-refractivity contribution in [2.45, 2.75) is 6.92 Å². The van der Waals surface area contributed by atoms with Crippen LogP contribution in [0.5, 0.6) is 5.75 Å². The van der Waals surface area contributed by atoms with Gasteiger partial charge in [0.05, 0.1) is 11.1 Å². The van der Waals surface area contributed by atoms with Gasteiger partial charge in [0.15, 0.2) is 0 Å². The highest BCUT2D eigenvalue weighted by molar-refractivity contribution is 6.32. The van der Waals surface area contributed by atoms with Crippen LogP contribution in [0.3, 0.4) is 0 Å². The molecule has 1 N–H and O–H groups in total. The molecule has 0 saturated heterocycles. The van der Waals surface area contributed by atoms with Crippen LogP contribution >= 0.6 is 11.6 Å². The van der Waals surface area contributed by atoms with Gasteiger partial charge in [-0.2, -0.15) is 0 Å². The molecule has 0 aliphatic rings. The Balaban J connectivity index is 2.79. The number of carbonyl (C=O) groups is 1. The van der Waals surface area contributed by atoms with E-state index in [1.807, 2.05) is 0 Å². The number of carboxylic acid groups (broad SMARTS) is 1. The van der Waals surface area contributed by atoms with Crippen LogP contribution in [-0.4, -0.2) is 11.1 Å². The average Bonchev–Trinajstić information content (AvgIpc) is 2.07. The van der Waals surface area contributed by atoms with Gasteiger partial charge in [-0.25, -0.2) is 4.79 Å². The molecule has 74 valence electrons. The lowest BCUT2D eigenvalue weighted by molar-refractivity contribution is -0.131. The predicted octanol–water partition coefficient (Wildman–Crippen LogP) is 2.71. The van der Waals surface area contributed by atoms with Crippen LogP contribution in [0, 0.1) is 0 Å². The Kier molecular flexibility index (Phi) is 3.54. The van der Waals surface area contributed by atoms with Crippen LogP contribution in [0.15, 0.2) is 36.1 Å². The molecule has 0 aliphatic carbocycles. The maximum atomic E-state index is 10.3. The smallest absolute Gasteiger partial charge is 0.331 e. The highest BCUT2D eigenvalue weighted by Crippen LogP contribution is 2.24. The number of para-hydroxylation sites is 1. The third-order valence-electron chi connectivity index (χ3n) is 1.43.